The Morgan fingerprint density at radius 2 is 1.83 bits per heavy atom. The van der Waals surface area contributed by atoms with Gasteiger partial charge in [0.15, 0.2) is 0 Å². The molecular weight excluding hydrogens is 336 g/mol. The molecule has 2 aromatic rings. The predicted molar refractivity (Wildman–Crippen MR) is 112 cm³/mol. The molecule has 0 amide bonds. The molecule has 4 N–H and O–H groups in total. The molecule has 1 atom stereocenters. The van der Waals surface area contributed by atoms with Crippen LogP contribution in [-0.2, 0) is 6.42 Å². The van der Waals surface area contributed by atoms with Gasteiger partial charge in [0.2, 0.25) is 0 Å². The Hall–Kier alpha value is -1.50. The zero-order valence-corrected chi connectivity index (χ0v) is 16.8. The minimum Gasteiger partial charge on any atom is -0.396 e. The molecule has 4 nitrogen and oxygen atoms in total. The van der Waals surface area contributed by atoms with Crippen LogP contribution in [0.25, 0.3) is 0 Å². The lowest BCUT2D eigenvalue weighted by Crippen LogP contribution is -1.91. The summed E-state index contributed by atoms with van der Waals surface area (Å²) in [7, 11) is 1.50. The lowest BCUT2D eigenvalue weighted by atomic mass is 10.1. The van der Waals surface area contributed by atoms with Crippen LogP contribution in [0.2, 0.25) is 0 Å². The lowest BCUT2D eigenvalue weighted by molar-refractivity contribution is 0.755. The molecule has 2 rings (SSSR count). The molecule has 0 bridgehead atoms. The fourth-order valence-electron chi connectivity index (χ4n) is 1.79. The first-order chi connectivity index (χ1) is 11.5. The molecule has 2 aromatic heterocycles. The summed E-state index contributed by atoms with van der Waals surface area (Å²) >= 11 is 3.33. The number of thiophene rings is 2. The maximum atomic E-state index is 6.15. The van der Waals surface area contributed by atoms with Crippen LogP contribution in [-0.4, -0.2) is 19.5 Å². The van der Waals surface area contributed by atoms with Crippen molar-refractivity contribution in [3.63, 3.8) is 0 Å². The van der Waals surface area contributed by atoms with Gasteiger partial charge in [-0.15, -0.1) is 11.3 Å². The third-order valence-corrected chi connectivity index (χ3v) is 5.87. The molecule has 0 aliphatic rings. The van der Waals surface area contributed by atoms with Gasteiger partial charge in [0.05, 0.1) is 5.69 Å². The SMILES string of the molecule is CCc1ccc(/C=N/c2sc(/N=C/C(C)CC)c(N)c2C)s1.CN. The van der Waals surface area contributed by atoms with Crippen molar-refractivity contribution >= 4 is 50.8 Å². The zero-order chi connectivity index (χ0) is 18.1. The van der Waals surface area contributed by atoms with Gasteiger partial charge >= 0.3 is 0 Å². The highest BCUT2D eigenvalue weighted by Crippen LogP contribution is 2.43. The number of rotatable bonds is 6. The van der Waals surface area contributed by atoms with Crippen molar-refractivity contribution in [2.75, 3.05) is 12.8 Å². The summed E-state index contributed by atoms with van der Waals surface area (Å²) in [4.78, 5) is 11.7. The first-order valence-corrected chi connectivity index (χ1v) is 9.82. The molecule has 6 heteroatoms. The van der Waals surface area contributed by atoms with E-state index in [9.17, 15) is 0 Å². The summed E-state index contributed by atoms with van der Waals surface area (Å²) in [6.45, 7) is 8.48. The van der Waals surface area contributed by atoms with E-state index in [1.165, 1.54) is 16.8 Å². The Morgan fingerprint density at radius 1 is 1.12 bits per heavy atom. The van der Waals surface area contributed by atoms with Gasteiger partial charge in [-0.1, -0.05) is 32.1 Å². The second-order valence-corrected chi connectivity index (χ2v) is 7.51. The number of aryl methyl sites for hydroxylation is 1. The van der Waals surface area contributed by atoms with Gasteiger partial charge in [0, 0.05) is 27.7 Å². The zero-order valence-electron chi connectivity index (χ0n) is 15.2. The molecule has 24 heavy (non-hydrogen) atoms. The number of aliphatic imine (C=N–C) groups is 2. The van der Waals surface area contributed by atoms with Crippen LogP contribution in [0.3, 0.4) is 0 Å². The maximum Gasteiger partial charge on any atom is 0.140 e. The second-order valence-electron chi connectivity index (χ2n) is 5.33. The molecule has 0 radical (unpaired) electrons. The van der Waals surface area contributed by atoms with E-state index < -0.39 is 0 Å². The van der Waals surface area contributed by atoms with E-state index in [0.717, 1.165) is 34.1 Å². The molecule has 2 heterocycles. The molecule has 0 aromatic carbocycles. The number of hydrogen-bond donors (Lipinski definition) is 2. The third-order valence-electron chi connectivity index (χ3n) is 3.58. The maximum absolute atomic E-state index is 6.15. The number of nitrogen functional groups attached to an aromatic ring is 1. The summed E-state index contributed by atoms with van der Waals surface area (Å²) < 4.78 is 0. The molecular formula is C18H28N4S2. The molecule has 0 saturated heterocycles. The van der Waals surface area contributed by atoms with Crippen molar-refractivity contribution in [1.82, 2.24) is 0 Å². The van der Waals surface area contributed by atoms with Crippen molar-refractivity contribution < 1.29 is 0 Å². The van der Waals surface area contributed by atoms with Crippen molar-refractivity contribution in [3.8, 4) is 0 Å². The quantitative estimate of drug-likeness (QED) is 0.679. The van der Waals surface area contributed by atoms with E-state index in [2.05, 4.69) is 48.6 Å². The van der Waals surface area contributed by atoms with Crippen LogP contribution in [0.15, 0.2) is 22.1 Å². The van der Waals surface area contributed by atoms with Crippen LogP contribution < -0.4 is 11.5 Å². The highest BCUT2D eigenvalue weighted by atomic mass is 32.1. The summed E-state index contributed by atoms with van der Waals surface area (Å²) in [5, 5.41) is 1.81. The fraction of sp³-hybridized carbons (Fsp3) is 0.444. The van der Waals surface area contributed by atoms with Gasteiger partial charge in [-0.25, -0.2) is 9.98 Å². The molecule has 0 aliphatic carbocycles. The molecule has 0 fully saturated rings. The van der Waals surface area contributed by atoms with Crippen LogP contribution in [0, 0.1) is 12.8 Å². The average molecular weight is 365 g/mol. The van der Waals surface area contributed by atoms with Gasteiger partial charge < -0.3 is 11.5 Å². The number of nitrogens with zero attached hydrogens (tertiary/aromatic N) is 2. The summed E-state index contributed by atoms with van der Waals surface area (Å²) in [6.07, 6.45) is 6.04. The Morgan fingerprint density at radius 3 is 2.42 bits per heavy atom. The second kappa shape index (κ2) is 10.4. The monoisotopic (exact) mass is 364 g/mol. The normalized spacial score (nSPS) is 12.6. The molecule has 0 aliphatic heterocycles. The molecule has 1 unspecified atom stereocenters. The Labute approximate surface area is 153 Å². The van der Waals surface area contributed by atoms with Crippen LogP contribution >= 0.6 is 22.7 Å². The van der Waals surface area contributed by atoms with Gasteiger partial charge in [-0.3, -0.25) is 0 Å². The molecule has 132 valence electrons. The van der Waals surface area contributed by atoms with Crippen LogP contribution in [0.1, 0.15) is 42.5 Å². The minimum atomic E-state index is 0.465. The Balaban J connectivity index is 0.00000139. The average Bonchev–Trinajstić information content (AvgIpc) is 3.19. The fourth-order valence-corrected chi connectivity index (χ4v) is 3.55. The van der Waals surface area contributed by atoms with Gasteiger partial charge in [0.25, 0.3) is 0 Å². The summed E-state index contributed by atoms with van der Waals surface area (Å²) in [5.41, 5.74) is 12.4. The summed E-state index contributed by atoms with van der Waals surface area (Å²) in [6, 6.07) is 4.27. The molecule has 0 spiro atoms. The van der Waals surface area contributed by atoms with Gasteiger partial charge in [-0.05, 0) is 44.9 Å². The number of hydrogen-bond acceptors (Lipinski definition) is 6. The van der Waals surface area contributed by atoms with Gasteiger partial charge in [-0.2, -0.15) is 0 Å². The number of nitrogens with two attached hydrogens (primary N) is 2. The van der Waals surface area contributed by atoms with Crippen molar-refractivity contribution in [3.05, 3.63) is 27.5 Å². The highest BCUT2D eigenvalue weighted by Gasteiger charge is 2.11. The van der Waals surface area contributed by atoms with E-state index in [4.69, 9.17) is 5.73 Å². The van der Waals surface area contributed by atoms with Crippen LogP contribution in [0.4, 0.5) is 15.7 Å². The van der Waals surface area contributed by atoms with Crippen molar-refractivity contribution in [1.29, 1.82) is 0 Å². The topological polar surface area (TPSA) is 76.8 Å². The smallest absolute Gasteiger partial charge is 0.140 e. The van der Waals surface area contributed by atoms with E-state index in [0.29, 0.717) is 5.92 Å². The van der Waals surface area contributed by atoms with Gasteiger partial charge in [0.1, 0.15) is 10.0 Å². The van der Waals surface area contributed by atoms with E-state index in [-0.39, 0.29) is 0 Å². The minimum absolute atomic E-state index is 0.465. The number of anilines is 1. The van der Waals surface area contributed by atoms with Crippen molar-refractivity contribution in [2.45, 2.75) is 40.5 Å². The third kappa shape index (κ3) is 5.54. The highest BCUT2D eigenvalue weighted by molar-refractivity contribution is 7.20. The van der Waals surface area contributed by atoms with E-state index in [1.807, 2.05) is 19.4 Å². The Bertz CT molecular complexity index is 683. The van der Waals surface area contributed by atoms with Crippen molar-refractivity contribution in [2.24, 2.45) is 21.6 Å². The van der Waals surface area contributed by atoms with Crippen LogP contribution in [0.5, 0.6) is 0 Å². The summed E-state index contributed by atoms with van der Waals surface area (Å²) in [5.74, 6) is 0.465. The van der Waals surface area contributed by atoms with E-state index >= 15 is 0 Å². The standard InChI is InChI=1S/C17H23N3S2.CH5N/c1-5-11(3)9-19-17-15(18)12(4)16(22-17)20-10-14-8-7-13(6-2)21-14;1-2/h7-11H,5-6,18H2,1-4H3;2H2,1H3/b19-9+,20-10+;. The molecule has 0 saturated carbocycles. The predicted octanol–water partition coefficient (Wildman–Crippen LogP) is 5.34. The van der Waals surface area contributed by atoms with E-state index in [1.54, 1.807) is 22.7 Å². The lowest BCUT2D eigenvalue weighted by Gasteiger charge is -1.98. The largest absolute Gasteiger partial charge is 0.396 e. The Kier molecular flexibility index (Phi) is 8.89. The first-order valence-electron chi connectivity index (χ1n) is 8.18. The first kappa shape index (κ1) is 20.5.